The van der Waals surface area contributed by atoms with Gasteiger partial charge in [-0.25, -0.2) is 0 Å². The van der Waals surface area contributed by atoms with Gasteiger partial charge in [0.05, 0.1) is 11.4 Å². The second kappa shape index (κ2) is 6.16. The highest BCUT2D eigenvalue weighted by molar-refractivity contribution is 4.94. The van der Waals surface area contributed by atoms with Crippen molar-refractivity contribution in [3.05, 3.63) is 11.8 Å². The molecule has 0 fully saturated rings. The Morgan fingerprint density at radius 2 is 1.80 bits per heavy atom. The van der Waals surface area contributed by atoms with E-state index in [1.54, 1.807) is 0 Å². The molecule has 15 heavy (non-hydrogen) atoms. The van der Waals surface area contributed by atoms with Gasteiger partial charge in [-0.05, 0) is 37.7 Å². The summed E-state index contributed by atoms with van der Waals surface area (Å²) in [6, 6.07) is 0. The normalized spacial score (nSPS) is 17.2. The van der Waals surface area contributed by atoms with Crippen molar-refractivity contribution in [2.45, 2.75) is 59.5 Å². The van der Waals surface area contributed by atoms with Gasteiger partial charge in [0.1, 0.15) is 0 Å². The van der Waals surface area contributed by atoms with E-state index in [1.807, 2.05) is 26.8 Å². The molecule has 0 saturated heterocycles. The molecule has 0 aliphatic carbocycles. The lowest BCUT2D eigenvalue weighted by Gasteiger charge is -2.25. The van der Waals surface area contributed by atoms with Crippen LogP contribution in [-0.2, 0) is 0 Å². The van der Waals surface area contributed by atoms with Gasteiger partial charge in [0.25, 0.3) is 0 Å². The van der Waals surface area contributed by atoms with E-state index in [2.05, 4.69) is 13.8 Å². The average Bonchev–Trinajstić information content (AvgIpc) is 1.97. The topological polar surface area (TPSA) is 40.5 Å². The highest BCUT2D eigenvalue weighted by Crippen LogP contribution is 2.23. The zero-order valence-electron chi connectivity index (χ0n) is 10.7. The summed E-state index contributed by atoms with van der Waals surface area (Å²) in [5.41, 5.74) is -0.660. The second-order valence-corrected chi connectivity index (χ2v) is 5.50. The van der Waals surface area contributed by atoms with Gasteiger partial charge in [-0.1, -0.05) is 27.7 Å². The largest absolute Gasteiger partial charge is 0.513 e. The molecule has 0 saturated carbocycles. The molecule has 90 valence electrons. The lowest BCUT2D eigenvalue weighted by atomic mass is 9.89. The molecule has 0 spiro atoms. The number of rotatable bonds is 6. The second-order valence-electron chi connectivity index (χ2n) is 5.50. The van der Waals surface area contributed by atoms with Crippen molar-refractivity contribution in [3.8, 4) is 0 Å². The highest BCUT2D eigenvalue weighted by atomic mass is 16.3. The summed E-state index contributed by atoms with van der Waals surface area (Å²) in [6.07, 6.45) is 3.81. The number of aliphatic hydroxyl groups excluding tert-OH is 1. The number of hydrogen-bond acceptors (Lipinski definition) is 2. The number of allylic oxidation sites excluding steroid dienone is 2. The molecule has 0 rings (SSSR count). The highest BCUT2D eigenvalue weighted by Gasteiger charge is 2.21. The van der Waals surface area contributed by atoms with E-state index in [1.165, 1.54) is 0 Å². The Labute approximate surface area is 94.0 Å². The van der Waals surface area contributed by atoms with Crippen LogP contribution in [0.15, 0.2) is 11.8 Å². The molecule has 0 aromatic rings. The molecule has 0 heterocycles. The molecule has 1 atom stereocenters. The predicted octanol–water partition coefficient (Wildman–Crippen LogP) is 3.66. The van der Waals surface area contributed by atoms with Crippen LogP contribution in [0, 0.1) is 11.8 Å². The molecule has 0 aromatic carbocycles. The maximum absolute atomic E-state index is 10.0. The number of hydrogen-bond donors (Lipinski definition) is 2. The summed E-state index contributed by atoms with van der Waals surface area (Å²) < 4.78 is 0. The van der Waals surface area contributed by atoms with Crippen LogP contribution >= 0.6 is 0 Å². The summed E-state index contributed by atoms with van der Waals surface area (Å²) >= 11 is 0. The Bertz CT molecular complexity index is 203. The van der Waals surface area contributed by atoms with Crippen LogP contribution in [0.3, 0.4) is 0 Å². The molecule has 2 nitrogen and oxygen atoms in total. The Morgan fingerprint density at radius 1 is 1.27 bits per heavy atom. The summed E-state index contributed by atoms with van der Waals surface area (Å²) in [5.74, 6) is 1.24. The van der Waals surface area contributed by atoms with E-state index in [4.69, 9.17) is 0 Å². The van der Waals surface area contributed by atoms with Crippen molar-refractivity contribution in [1.82, 2.24) is 0 Å². The first-order valence-electron chi connectivity index (χ1n) is 5.85. The molecule has 0 aliphatic rings. The van der Waals surface area contributed by atoms with E-state index in [9.17, 15) is 10.2 Å². The van der Waals surface area contributed by atoms with Crippen LogP contribution in [0.1, 0.15) is 53.9 Å². The Kier molecular flexibility index (Phi) is 5.96. The fraction of sp³-hybridized carbons (Fsp3) is 0.846. The van der Waals surface area contributed by atoms with Crippen LogP contribution in [0.25, 0.3) is 0 Å². The quantitative estimate of drug-likeness (QED) is 0.662. The molecule has 0 aromatic heterocycles. The zero-order chi connectivity index (χ0) is 12.1. The van der Waals surface area contributed by atoms with Crippen LogP contribution in [-0.4, -0.2) is 15.8 Å². The monoisotopic (exact) mass is 214 g/mol. The van der Waals surface area contributed by atoms with Gasteiger partial charge in [0.15, 0.2) is 0 Å². The van der Waals surface area contributed by atoms with Crippen molar-refractivity contribution in [3.63, 3.8) is 0 Å². The molecule has 0 bridgehead atoms. The SMILES string of the molecule is CC(C)/C=C(/O)CCC(C)(O)CC(C)C. The summed E-state index contributed by atoms with van der Waals surface area (Å²) in [5, 5.41) is 19.6. The fourth-order valence-corrected chi connectivity index (χ4v) is 1.85. The predicted molar refractivity (Wildman–Crippen MR) is 64.9 cm³/mol. The van der Waals surface area contributed by atoms with Crippen LogP contribution in [0.5, 0.6) is 0 Å². The minimum Gasteiger partial charge on any atom is -0.513 e. The van der Waals surface area contributed by atoms with Gasteiger partial charge in [-0.3, -0.25) is 0 Å². The molecule has 0 radical (unpaired) electrons. The van der Waals surface area contributed by atoms with Gasteiger partial charge in [0, 0.05) is 6.42 Å². The Morgan fingerprint density at radius 3 is 2.20 bits per heavy atom. The van der Waals surface area contributed by atoms with Gasteiger partial charge in [0.2, 0.25) is 0 Å². The lowest BCUT2D eigenvalue weighted by Crippen LogP contribution is -2.26. The van der Waals surface area contributed by atoms with Crippen molar-refractivity contribution >= 4 is 0 Å². The van der Waals surface area contributed by atoms with E-state index < -0.39 is 5.60 Å². The van der Waals surface area contributed by atoms with Crippen molar-refractivity contribution in [2.24, 2.45) is 11.8 Å². The van der Waals surface area contributed by atoms with Gasteiger partial charge < -0.3 is 10.2 Å². The molecular formula is C13H26O2. The van der Waals surface area contributed by atoms with E-state index in [0.29, 0.717) is 30.4 Å². The summed E-state index contributed by atoms with van der Waals surface area (Å²) in [6.45, 7) is 10.1. The molecule has 2 heteroatoms. The minimum atomic E-state index is -0.660. The molecule has 0 amide bonds. The standard InChI is InChI=1S/C13H26O2/c1-10(2)8-12(14)6-7-13(5,15)9-11(3)4/h8,10-11,14-15H,6-7,9H2,1-5H3/b12-8+. The first-order chi connectivity index (χ1) is 6.73. The Hall–Kier alpha value is -0.500. The third kappa shape index (κ3) is 8.49. The third-order valence-corrected chi connectivity index (χ3v) is 2.29. The van der Waals surface area contributed by atoms with Gasteiger partial charge in [-0.2, -0.15) is 0 Å². The molecule has 0 aliphatic heterocycles. The van der Waals surface area contributed by atoms with E-state index in [-0.39, 0.29) is 0 Å². The first-order valence-corrected chi connectivity index (χ1v) is 5.85. The summed E-state index contributed by atoms with van der Waals surface area (Å²) in [4.78, 5) is 0. The lowest BCUT2D eigenvalue weighted by molar-refractivity contribution is 0.0277. The maximum Gasteiger partial charge on any atom is 0.0886 e. The Balaban J connectivity index is 4.03. The average molecular weight is 214 g/mol. The molecule has 1 unspecified atom stereocenters. The van der Waals surface area contributed by atoms with Crippen molar-refractivity contribution in [2.75, 3.05) is 0 Å². The summed E-state index contributed by atoms with van der Waals surface area (Å²) in [7, 11) is 0. The molecular weight excluding hydrogens is 188 g/mol. The van der Waals surface area contributed by atoms with E-state index >= 15 is 0 Å². The van der Waals surface area contributed by atoms with Crippen molar-refractivity contribution in [1.29, 1.82) is 0 Å². The zero-order valence-corrected chi connectivity index (χ0v) is 10.7. The van der Waals surface area contributed by atoms with Crippen molar-refractivity contribution < 1.29 is 10.2 Å². The maximum atomic E-state index is 10.0. The van der Waals surface area contributed by atoms with Crippen LogP contribution < -0.4 is 0 Å². The fourth-order valence-electron chi connectivity index (χ4n) is 1.85. The van der Waals surface area contributed by atoms with Crippen LogP contribution in [0.4, 0.5) is 0 Å². The van der Waals surface area contributed by atoms with E-state index in [0.717, 1.165) is 6.42 Å². The molecule has 2 N–H and O–H groups in total. The minimum absolute atomic E-state index is 0.361. The first kappa shape index (κ1) is 14.5. The third-order valence-electron chi connectivity index (χ3n) is 2.29. The van der Waals surface area contributed by atoms with Gasteiger partial charge >= 0.3 is 0 Å². The van der Waals surface area contributed by atoms with Gasteiger partial charge in [-0.15, -0.1) is 0 Å². The smallest absolute Gasteiger partial charge is 0.0886 e. The van der Waals surface area contributed by atoms with Crippen LogP contribution in [0.2, 0.25) is 0 Å². The number of aliphatic hydroxyl groups is 2.